The number of anilines is 1. The number of hydrogen-bond acceptors (Lipinski definition) is 4. The summed E-state index contributed by atoms with van der Waals surface area (Å²) in [4.78, 5) is 30.0. The van der Waals surface area contributed by atoms with Crippen LogP contribution in [0.15, 0.2) is 42.5 Å². The van der Waals surface area contributed by atoms with Crippen molar-refractivity contribution in [3.05, 3.63) is 59.4 Å². The Morgan fingerprint density at radius 3 is 2.38 bits per heavy atom. The minimum atomic E-state index is -0.571. The number of likely N-dealkylation sites (tertiary alicyclic amines) is 1. The van der Waals surface area contributed by atoms with Gasteiger partial charge in [-0.15, -0.1) is 12.4 Å². The van der Waals surface area contributed by atoms with Crippen LogP contribution in [-0.4, -0.2) is 49.9 Å². The minimum absolute atomic E-state index is 0. The molecule has 2 aromatic carbocycles. The summed E-state index contributed by atoms with van der Waals surface area (Å²) in [6.45, 7) is 6.94. The third kappa shape index (κ3) is 4.52. The predicted molar refractivity (Wildman–Crippen MR) is 126 cm³/mol. The SMILES string of the molecule is COc1ccc2c(c1)C(C)(C)C(=O)N2CCN1CCC(C(=O)c2ccc(F)cc2)CC1.Cl. The Hall–Kier alpha value is -2.44. The van der Waals surface area contributed by atoms with Crippen LogP contribution >= 0.6 is 12.4 Å². The maximum atomic E-state index is 13.1. The quantitative estimate of drug-likeness (QED) is 0.596. The van der Waals surface area contributed by atoms with Gasteiger partial charge < -0.3 is 14.5 Å². The Balaban J connectivity index is 0.00000289. The molecule has 2 heterocycles. The maximum absolute atomic E-state index is 13.1. The fourth-order valence-electron chi connectivity index (χ4n) is 4.67. The highest BCUT2D eigenvalue weighted by Crippen LogP contribution is 2.43. The summed E-state index contributed by atoms with van der Waals surface area (Å²) in [7, 11) is 1.63. The number of ketones is 1. The number of fused-ring (bicyclic) bond motifs is 1. The summed E-state index contributed by atoms with van der Waals surface area (Å²) in [5.74, 6) is 0.610. The monoisotopic (exact) mass is 460 g/mol. The molecule has 0 spiro atoms. The zero-order valence-electron chi connectivity index (χ0n) is 18.8. The van der Waals surface area contributed by atoms with E-state index >= 15 is 0 Å². The van der Waals surface area contributed by atoms with Crippen molar-refractivity contribution < 1.29 is 18.7 Å². The van der Waals surface area contributed by atoms with Crippen molar-refractivity contribution in [3.63, 3.8) is 0 Å². The molecular weight excluding hydrogens is 431 g/mol. The predicted octanol–water partition coefficient (Wildman–Crippen LogP) is 4.48. The van der Waals surface area contributed by atoms with Gasteiger partial charge in [-0.25, -0.2) is 4.39 Å². The second kappa shape index (κ2) is 9.59. The van der Waals surface area contributed by atoms with Crippen LogP contribution in [0.5, 0.6) is 5.75 Å². The first-order valence-electron chi connectivity index (χ1n) is 10.8. The number of nitrogens with zero attached hydrogens (tertiary/aromatic N) is 2. The van der Waals surface area contributed by atoms with Crippen LogP contribution in [0, 0.1) is 11.7 Å². The van der Waals surface area contributed by atoms with E-state index in [1.807, 2.05) is 36.9 Å². The average Bonchev–Trinajstić information content (AvgIpc) is 2.97. The third-order valence-electron chi connectivity index (χ3n) is 6.67. The van der Waals surface area contributed by atoms with E-state index in [0.29, 0.717) is 12.1 Å². The molecule has 0 radical (unpaired) electrons. The van der Waals surface area contributed by atoms with E-state index in [1.54, 1.807) is 19.2 Å². The Morgan fingerprint density at radius 1 is 1.09 bits per heavy atom. The van der Waals surface area contributed by atoms with Crippen LogP contribution < -0.4 is 9.64 Å². The number of carbonyl (C=O) groups excluding carboxylic acids is 2. The van der Waals surface area contributed by atoms with E-state index in [0.717, 1.165) is 49.5 Å². The van der Waals surface area contributed by atoms with Gasteiger partial charge in [-0.2, -0.15) is 0 Å². The molecule has 2 aliphatic heterocycles. The second-order valence-electron chi connectivity index (χ2n) is 8.95. The Labute approximate surface area is 194 Å². The summed E-state index contributed by atoms with van der Waals surface area (Å²) >= 11 is 0. The molecule has 5 nitrogen and oxygen atoms in total. The lowest BCUT2D eigenvalue weighted by molar-refractivity contribution is -0.122. The molecule has 0 saturated carbocycles. The van der Waals surface area contributed by atoms with Gasteiger partial charge in [0.1, 0.15) is 11.6 Å². The first-order chi connectivity index (χ1) is 14.8. The number of hydrogen-bond donors (Lipinski definition) is 0. The largest absolute Gasteiger partial charge is 0.497 e. The maximum Gasteiger partial charge on any atom is 0.237 e. The van der Waals surface area contributed by atoms with Gasteiger partial charge in [0.15, 0.2) is 5.78 Å². The molecular formula is C25H30ClFN2O3. The molecule has 0 unspecified atom stereocenters. The first kappa shape index (κ1) is 24.2. The molecule has 0 aromatic heterocycles. The lowest BCUT2D eigenvalue weighted by Crippen LogP contribution is -2.43. The molecule has 1 amide bonds. The summed E-state index contributed by atoms with van der Waals surface area (Å²) in [5, 5.41) is 0. The molecule has 172 valence electrons. The number of carbonyl (C=O) groups is 2. The molecule has 32 heavy (non-hydrogen) atoms. The standard InChI is InChI=1S/C25H29FN2O3.ClH/c1-25(2)21-16-20(31-3)8-9-22(21)28(24(25)30)15-14-27-12-10-18(11-13-27)23(29)17-4-6-19(26)7-5-17;/h4-9,16,18H,10-15H2,1-3H3;1H. The van der Waals surface area contributed by atoms with Crippen LogP contribution in [0.3, 0.4) is 0 Å². The number of halogens is 2. The van der Waals surface area contributed by atoms with Crippen LogP contribution in [-0.2, 0) is 10.2 Å². The highest BCUT2D eigenvalue weighted by Gasteiger charge is 2.44. The lowest BCUT2D eigenvalue weighted by Gasteiger charge is -2.32. The Morgan fingerprint density at radius 2 is 1.75 bits per heavy atom. The Bertz CT molecular complexity index is 985. The number of ether oxygens (including phenoxy) is 1. The van der Waals surface area contributed by atoms with Gasteiger partial charge in [0.05, 0.1) is 12.5 Å². The molecule has 0 N–H and O–H groups in total. The highest BCUT2D eigenvalue weighted by atomic mass is 35.5. The smallest absolute Gasteiger partial charge is 0.237 e. The van der Waals surface area contributed by atoms with Gasteiger partial charge in [-0.05, 0) is 87.8 Å². The molecule has 0 bridgehead atoms. The normalized spacial score (nSPS) is 18.2. The van der Waals surface area contributed by atoms with E-state index in [-0.39, 0.29) is 35.8 Å². The highest BCUT2D eigenvalue weighted by molar-refractivity contribution is 6.07. The number of rotatable bonds is 6. The van der Waals surface area contributed by atoms with Crippen molar-refractivity contribution in [3.8, 4) is 5.75 Å². The summed E-state index contributed by atoms with van der Waals surface area (Å²) in [6, 6.07) is 11.6. The van der Waals surface area contributed by atoms with Crippen molar-refractivity contribution in [1.82, 2.24) is 4.90 Å². The van der Waals surface area contributed by atoms with Gasteiger partial charge in [-0.1, -0.05) is 0 Å². The second-order valence-corrected chi connectivity index (χ2v) is 8.95. The van der Waals surface area contributed by atoms with E-state index in [9.17, 15) is 14.0 Å². The molecule has 1 saturated heterocycles. The summed E-state index contributed by atoms with van der Waals surface area (Å²) < 4.78 is 18.5. The van der Waals surface area contributed by atoms with Gasteiger partial charge >= 0.3 is 0 Å². The van der Waals surface area contributed by atoms with E-state index in [1.165, 1.54) is 12.1 Å². The third-order valence-corrected chi connectivity index (χ3v) is 6.67. The topological polar surface area (TPSA) is 49.9 Å². The molecule has 0 aliphatic carbocycles. The van der Waals surface area contributed by atoms with Crippen LogP contribution in [0.25, 0.3) is 0 Å². The van der Waals surface area contributed by atoms with Crippen molar-refractivity contribution in [2.24, 2.45) is 5.92 Å². The first-order valence-corrected chi connectivity index (χ1v) is 10.8. The minimum Gasteiger partial charge on any atom is -0.497 e. The molecule has 4 rings (SSSR count). The zero-order valence-corrected chi connectivity index (χ0v) is 19.6. The molecule has 7 heteroatoms. The fraction of sp³-hybridized carbons (Fsp3) is 0.440. The molecule has 2 aromatic rings. The van der Waals surface area contributed by atoms with Gasteiger partial charge in [0.25, 0.3) is 0 Å². The Kier molecular flexibility index (Phi) is 7.25. The lowest BCUT2D eigenvalue weighted by atomic mass is 9.86. The van der Waals surface area contributed by atoms with E-state index in [2.05, 4.69) is 4.90 Å². The number of piperidine rings is 1. The zero-order chi connectivity index (χ0) is 22.2. The number of benzene rings is 2. The van der Waals surface area contributed by atoms with E-state index in [4.69, 9.17) is 4.74 Å². The summed E-state index contributed by atoms with van der Waals surface area (Å²) in [6.07, 6.45) is 1.56. The number of Topliss-reactive ketones (excluding diaryl/α,β-unsaturated/α-hetero) is 1. The molecule has 2 aliphatic rings. The van der Waals surface area contributed by atoms with Crippen molar-refractivity contribution in [2.75, 3.05) is 38.2 Å². The molecule has 0 atom stereocenters. The summed E-state index contributed by atoms with van der Waals surface area (Å²) in [5.41, 5.74) is 1.97. The fourth-order valence-corrected chi connectivity index (χ4v) is 4.67. The van der Waals surface area contributed by atoms with Crippen LogP contribution in [0.1, 0.15) is 42.6 Å². The van der Waals surface area contributed by atoms with E-state index < -0.39 is 5.41 Å². The van der Waals surface area contributed by atoms with Crippen molar-refractivity contribution >= 4 is 29.8 Å². The van der Waals surface area contributed by atoms with Crippen LogP contribution in [0.4, 0.5) is 10.1 Å². The number of methoxy groups -OCH3 is 1. The van der Waals surface area contributed by atoms with Crippen molar-refractivity contribution in [1.29, 1.82) is 0 Å². The average molecular weight is 461 g/mol. The van der Waals surface area contributed by atoms with Gasteiger partial charge in [0, 0.05) is 30.3 Å². The van der Waals surface area contributed by atoms with Crippen molar-refractivity contribution in [2.45, 2.75) is 32.1 Å². The number of amides is 1. The van der Waals surface area contributed by atoms with Crippen LogP contribution in [0.2, 0.25) is 0 Å². The van der Waals surface area contributed by atoms with Gasteiger partial charge in [-0.3, -0.25) is 9.59 Å². The molecule has 1 fully saturated rings. The van der Waals surface area contributed by atoms with Gasteiger partial charge in [0.2, 0.25) is 5.91 Å².